The van der Waals surface area contributed by atoms with Crippen molar-refractivity contribution < 1.29 is 37.0 Å². The SMILES string of the molecule is COc1cnc2ccc(Oc3cc(F)cc(NC(=O)c4cccc(Cl)c4)c3)cc2n1.N#Cc1cnc2ccc(Oc3cc(F)cc(NC(=O)c4cccc(F)c4)c3)cc2n1. The van der Waals surface area contributed by atoms with Gasteiger partial charge in [-0.15, -0.1) is 0 Å². The molecule has 0 saturated carbocycles. The van der Waals surface area contributed by atoms with E-state index in [2.05, 4.69) is 30.6 Å². The topological polar surface area (TPSA) is 161 Å². The Bertz CT molecular complexity index is 2970. The number of ether oxygens (including phenoxy) is 3. The number of carbonyl (C=O) groups is 2. The van der Waals surface area contributed by atoms with Crippen molar-refractivity contribution in [2.75, 3.05) is 17.7 Å². The summed E-state index contributed by atoms with van der Waals surface area (Å²) in [5, 5.41) is 14.5. The van der Waals surface area contributed by atoms with Crippen LogP contribution in [0.1, 0.15) is 26.4 Å². The Morgan fingerprint density at radius 3 is 1.70 bits per heavy atom. The quantitative estimate of drug-likeness (QED) is 0.143. The Kier molecular flexibility index (Phi) is 12.0. The van der Waals surface area contributed by atoms with Gasteiger partial charge in [-0.3, -0.25) is 14.6 Å². The van der Waals surface area contributed by atoms with Crippen molar-refractivity contribution >= 4 is 56.9 Å². The third-order valence-corrected chi connectivity index (χ3v) is 8.47. The van der Waals surface area contributed by atoms with Crippen LogP contribution < -0.4 is 24.8 Å². The highest BCUT2D eigenvalue weighted by Gasteiger charge is 2.13. The molecule has 0 aliphatic carbocycles. The Labute approximate surface area is 343 Å². The van der Waals surface area contributed by atoms with Gasteiger partial charge in [0.25, 0.3) is 11.8 Å². The predicted molar refractivity (Wildman–Crippen MR) is 217 cm³/mol. The van der Waals surface area contributed by atoms with E-state index in [1.165, 1.54) is 68.0 Å². The number of rotatable bonds is 9. The summed E-state index contributed by atoms with van der Waals surface area (Å²) in [6, 6.07) is 31.1. The van der Waals surface area contributed by atoms with Crippen LogP contribution in [-0.2, 0) is 0 Å². The molecule has 0 bridgehead atoms. The van der Waals surface area contributed by atoms with Gasteiger partial charge in [-0.25, -0.2) is 28.1 Å². The third kappa shape index (κ3) is 10.3. The number of aromatic nitrogens is 4. The second-order valence-corrected chi connectivity index (χ2v) is 13.0. The molecule has 0 fully saturated rings. The highest BCUT2D eigenvalue weighted by molar-refractivity contribution is 6.31. The fourth-order valence-corrected chi connectivity index (χ4v) is 5.76. The molecule has 6 aromatic carbocycles. The maximum Gasteiger partial charge on any atom is 0.255 e. The molecule has 2 aromatic heterocycles. The Hall–Kier alpha value is -8.09. The van der Waals surface area contributed by atoms with Gasteiger partial charge in [-0.05, 0) is 72.8 Å². The summed E-state index contributed by atoms with van der Waals surface area (Å²) in [6.07, 6.45) is 2.88. The standard InChI is InChI=1S/C22H15ClFN3O3.C22H12F2N4O2/c1-29-21-12-25-19-6-5-17(11-20(19)27-21)30-18-9-15(24)8-16(10-18)26-22(28)13-3-2-4-14(23)7-13;23-14-3-1-2-13(6-14)22(29)28-16-7-15(24)8-19(9-16)30-18-4-5-20-21(10-18)27-17(11-25)12-26-20/h2-12H,1H3,(H,26,28);1-10,12H,(H,28,29). The van der Waals surface area contributed by atoms with Gasteiger partial charge in [0.2, 0.25) is 5.88 Å². The summed E-state index contributed by atoms with van der Waals surface area (Å²) in [6.45, 7) is 0. The minimum Gasteiger partial charge on any atom is -0.480 e. The van der Waals surface area contributed by atoms with E-state index in [-0.39, 0.29) is 34.1 Å². The van der Waals surface area contributed by atoms with Crippen LogP contribution in [0, 0.1) is 28.8 Å². The molecule has 0 saturated heterocycles. The molecular weight excluding hydrogens is 799 g/mol. The van der Waals surface area contributed by atoms with E-state index in [9.17, 15) is 22.8 Å². The fraction of sp³-hybridized carbons (Fsp3) is 0.0227. The first-order chi connectivity index (χ1) is 29.0. The van der Waals surface area contributed by atoms with Gasteiger partial charge in [0.1, 0.15) is 46.5 Å². The summed E-state index contributed by atoms with van der Waals surface area (Å²) in [4.78, 5) is 41.5. The van der Waals surface area contributed by atoms with Crippen molar-refractivity contribution in [1.82, 2.24) is 19.9 Å². The average Bonchev–Trinajstić information content (AvgIpc) is 3.23. The molecule has 0 atom stereocenters. The number of halogens is 4. The number of amides is 2. The zero-order chi connectivity index (χ0) is 42.2. The number of fused-ring (bicyclic) bond motifs is 2. The van der Waals surface area contributed by atoms with E-state index in [4.69, 9.17) is 31.1 Å². The van der Waals surface area contributed by atoms with Crippen LogP contribution in [0.5, 0.6) is 28.9 Å². The van der Waals surface area contributed by atoms with E-state index in [0.29, 0.717) is 50.0 Å². The summed E-state index contributed by atoms with van der Waals surface area (Å²) in [5.74, 6) is -1.24. The number of nitrogens with zero attached hydrogens (tertiary/aromatic N) is 5. The number of methoxy groups -OCH3 is 1. The van der Waals surface area contributed by atoms with Crippen LogP contribution in [0.3, 0.4) is 0 Å². The van der Waals surface area contributed by atoms with Crippen LogP contribution in [0.4, 0.5) is 24.5 Å². The Morgan fingerprint density at radius 2 is 1.15 bits per heavy atom. The minimum absolute atomic E-state index is 0.100. The van der Waals surface area contributed by atoms with E-state index in [1.807, 2.05) is 6.07 Å². The lowest BCUT2D eigenvalue weighted by Crippen LogP contribution is -2.12. The lowest BCUT2D eigenvalue weighted by atomic mass is 10.2. The monoisotopic (exact) mass is 825 g/mol. The van der Waals surface area contributed by atoms with E-state index in [1.54, 1.807) is 54.6 Å². The molecule has 60 heavy (non-hydrogen) atoms. The van der Waals surface area contributed by atoms with Crippen LogP contribution in [-0.4, -0.2) is 38.9 Å². The minimum atomic E-state index is -0.630. The van der Waals surface area contributed by atoms with Crippen LogP contribution >= 0.6 is 11.6 Å². The highest BCUT2D eigenvalue weighted by atomic mass is 35.5. The first kappa shape index (κ1) is 40.1. The van der Waals surface area contributed by atoms with Gasteiger partial charge in [0.15, 0.2) is 5.69 Å². The molecule has 0 aliphatic rings. The zero-order valence-electron chi connectivity index (χ0n) is 31.0. The molecule has 12 nitrogen and oxygen atoms in total. The van der Waals surface area contributed by atoms with Crippen molar-refractivity contribution in [1.29, 1.82) is 5.26 Å². The first-order valence-corrected chi connectivity index (χ1v) is 18.0. The first-order valence-electron chi connectivity index (χ1n) is 17.6. The number of nitriles is 1. The van der Waals surface area contributed by atoms with Gasteiger partial charge >= 0.3 is 0 Å². The molecule has 0 spiro atoms. The molecule has 8 rings (SSSR count). The highest BCUT2D eigenvalue weighted by Crippen LogP contribution is 2.30. The number of benzene rings is 6. The van der Waals surface area contributed by atoms with Crippen molar-refractivity contribution in [2.45, 2.75) is 0 Å². The second kappa shape index (κ2) is 18.0. The number of hydrogen-bond acceptors (Lipinski definition) is 10. The third-order valence-electron chi connectivity index (χ3n) is 8.23. The van der Waals surface area contributed by atoms with Gasteiger partial charge in [-0.1, -0.05) is 23.7 Å². The van der Waals surface area contributed by atoms with E-state index >= 15 is 0 Å². The van der Waals surface area contributed by atoms with E-state index in [0.717, 1.165) is 18.2 Å². The normalized spacial score (nSPS) is 10.5. The summed E-state index contributed by atoms with van der Waals surface area (Å²) < 4.78 is 58.0. The summed E-state index contributed by atoms with van der Waals surface area (Å²) in [7, 11) is 1.50. The zero-order valence-corrected chi connectivity index (χ0v) is 31.7. The fourth-order valence-electron chi connectivity index (χ4n) is 5.57. The molecular formula is C44H27ClF3N7O5. The van der Waals surface area contributed by atoms with Crippen molar-refractivity contribution in [3.63, 3.8) is 0 Å². The van der Waals surface area contributed by atoms with Crippen molar-refractivity contribution in [3.8, 4) is 34.9 Å². The van der Waals surface area contributed by atoms with Crippen molar-refractivity contribution in [2.24, 2.45) is 0 Å². The second-order valence-electron chi connectivity index (χ2n) is 12.6. The smallest absolute Gasteiger partial charge is 0.255 e. The molecule has 2 heterocycles. The number of nitrogens with one attached hydrogen (secondary N) is 2. The molecule has 296 valence electrons. The molecule has 0 aliphatic heterocycles. The van der Waals surface area contributed by atoms with Crippen LogP contribution in [0.25, 0.3) is 22.1 Å². The maximum absolute atomic E-state index is 14.1. The lowest BCUT2D eigenvalue weighted by Gasteiger charge is -2.10. The van der Waals surface area contributed by atoms with Gasteiger partial charge < -0.3 is 24.8 Å². The molecule has 2 amide bonds. The van der Waals surface area contributed by atoms with Crippen molar-refractivity contribution in [3.05, 3.63) is 173 Å². The van der Waals surface area contributed by atoms with E-state index < -0.39 is 29.3 Å². The summed E-state index contributed by atoms with van der Waals surface area (Å²) in [5.41, 5.74) is 3.26. The number of anilines is 2. The number of carbonyl (C=O) groups excluding carboxylic acids is 2. The molecule has 8 aromatic rings. The molecule has 16 heteroatoms. The van der Waals surface area contributed by atoms with Gasteiger partial charge in [0.05, 0.1) is 41.6 Å². The van der Waals surface area contributed by atoms with Gasteiger partial charge in [0, 0.05) is 63.9 Å². The Morgan fingerprint density at radius 1 is 0.600 bits per heavy atom. The molecule has 0 unspecified atom stereocenters. The maximum atomic E-state index is 14.1. The molecule has 2 N–H and O–H groups in total. The van der Waals surface area contributed by atoms with Gasteiger partial charge in [-0.2, -0.15) is 5.26 Å². The Balaban J connectivity index is 0.000000181. The largest absolute Gasteiger partial charge is 0.480 e. The van der Waals surface area contributed by atoms with Crippen LogP contribution in [0.15, 0.2) is 134 Å². The van der Waals surface area contributed by atoms with Crippen LogP contribution in [0.2, 0.25) is 5.02 Å². The molecule has 0 radical (unpaired) electrons. The lowest BCUT2D eigenvalue weighted by molar-refractivity contribution is 0.101. The number of hydrogen-bond donors (Lipinski definition) is 2. The average molecular weight is 826 g/mol. The predicted octanol–water partition coefficient (Wildman–Crippen LogP) is 10.3. The summed E-state index contributed by atoms with van der Waals surface area (Å²) >= 11 is 5.92.